The molecule has 0 fully saturated rings. The molecular formula is C13H16N2O3. The Morgan fingerprint density at radius 1 is 1.50 bits per heavy atom. The summed E-state index contributed by atoms with van der Waals surface area (Å²) >= 11 is 0. The molecule has 0 saturated heterocycles. The summed E-state index contributed by atoms with van der Waals surface area (Å²) in [6.07, 6.45) is 0.331. The molecule has 1 aliphatic rings. The number of amides is 1. The first kappa shape index (κ1) is 12.4. The molecule has 1 aliphatic heterocycles. The number of anilines is 1. The average molecular weight is 248 g/mol. The number of nitrogens with two attached hydrogens (primary N) is 1. The van der Waals surface area contributed by atoms with Gasteiger partial charge in [0, 0.05) is 19.3 Å². The van der Waals surface area contributed by atoms with E-state index in [-0.39, 0.29) is 12.3 Å². The Labute approximate surface area is 105 Å². The molecule has 0 bridgehead atoms. The number of nitrogens with zero attached hydrogens (tertiary/aromatic N) is 1. The molecule has 3 N–H and O–H groups in total. The van der Waals surface area contributed by atoms with E-state index in [0.717, 1.165) is 11.1 Å². The third-order valence-electron chi connectivity index (χ3n) is 3.25. The molecule has 1 atom stereocenters. The van der Waals surface area contributed by atoms with Gasteiger partial charge >= 0.3 is 5.97 Å². The van der Waals surface area contributed by atoms with Gasteiger partial charge in [-0.2, -0.15) is 0 Å². The summed E-state index contributed by atoms with van der Waals surface area (Å²) < 4.78 is 0. The van der Waals surface area contributed by atoms with Gasteiger partial charge in [-0.1, -0.05) is 6.07 Å². The molecule has 1 heterocycles. The zero-order valence-electron chi connectivity index (χ0n) is 10.2. The highest BCUT2D eigenvalue weighted by Crippen LogP contribution is 2.25. The summed E-state index contributed by atoms with van der Waals surface area (Å²) in [7, 11) is 1.69. The van der Waals surface area contributed by atoms with Crippen LogP contribution in [0.15, 0.2) is 18.2 Å². The first-order valence-electron chi connectivity index (χ1n) is 5.81. The number of hydrogen-bond acceptors (Lipinski definition) is 3. The van der Waals surface area contributed by atoms with Crippen molar-refractivity contribution >= 4 is 17.6 Å². The lowest BCUT2D eigenvalue weighted by atomic mass is 9.94. The van der Waals surface area contributed by atoms with Crippen LogP contribution in [0.2, 0.25) is 0 Å². The number of aliphatic carboxylic acids is 1. The molecule has 18 heavy (non-hydrogen) atoms. The quantitative estimate of drug-likeness (QED) is 0.761. The van der Waals surface area contributed by atoms with Crippen molar-refractivity contribution in [1.82, 2.24) is 4.90 Å². The summed E-state index contributed by atoms with van der Waals surface area (Å²) in [5.74, 6) is -1.55. The third kappa shape index (κ3) is 2.45. The van der Waals surface area contributed by atoms with Crippen molar-refractivity contribution < 1.29 is 14.7 Å². The van der Waals surface area contributed by atoms with E-state index in [1.54, 1.807) is 18.0 Å². The fourth-order valence-corrected chi connectivity index (χ4v) is 2.36. The van der Waals surface area contributed by atoms with Crippen LogP contribution in [0.5, 0.6) is 0 Å². The van der Waals surface area contributed by atoms with E-state index >= 15 is 0 Å². The van der Waals surface area contributed by atoms with Gasteiger partial charge in [0.05, 0.1) is 12.3 Å². The van der Waals surface area contributed by atoms with Gasteiger partial charge < -0.3 is 15.7 Å². The van der Waals surface area contributed by atoms with Gasteiger partial charge in [0.2, 0.25) is 5.91 Å². The van der Waals surface area contributed by atoms with Gasteiger partial charge in [0.25, 0.3) is 0 Å². The van der Waals surface area contributed by atoms with Gasteiger partial charge in [-0.05, 0) is 29.7 Å². The minimum atomic E-state index is -0.944. The summed E-state index contributed by atoms with van der Waals surface area (Å²) in [5.41, 5.74) is 8.40. The van der Waals surface area contributed by atoms with E-state index in [1.165, 1.54) is 0 Å². The number of carbonyl (C=O) groups excluding carboxylic acids is 1. The van der Waals surface area contributed by atoms with Crippen LogP contribution in [-0.4, -0.2) is 28.9 Å². The van der Waals surface area contributed by atoms with Crippen LogP contribution in [0, 0.1) is 5.92 Å². The number of hydrogen-bond donors (Lipinski definition) is 2. The highest BCUT2D eigenvalue weighted by Gasteiger charge is 2.29. The maximum atomic E-state index is 12.1. The minimum absolute atomic E-state index is 0.118. The van der Waals surface area contributed by atoms with E-state index < -0.39 is 11.9 Å². The van der Waals surface area contributed by atoms with Crippen LogP contribution in [0.25, 0.3) is 0 Å². The molecule has 5 nitrogen and oxygen atoms in total. The number of fused-ring (bicyclic) bond motifs is 1. The summed E-state index contributed by atoms with van der Waals surface area (Å²) in [4.78, 5) is 24.4. The number of carboxylic acids is 1. The van der Waals surface area contributed by atoms with Crippen molar-refractivity contribution in [2.45, 2.75) is 19.4 Å². The SMILES string of the molecule is CN1Cc2cc(N)ccc2CC(CC(=O)O)C1=O. The Kier molecular flexibility index (Phi) is 3.23. The first-order valence-corrected chi connectivity index (χ1v) is 5.81. The summed E-state index contributed by atoms with van der Waals surface area (Å²) in [6.45, 7) is 0.481. The Morgan fingerprint density at radius 3 is 2.89 bits per heavy atom. The maximum absolute atomic E-state index is 12.1. The van der Waals surface area contributed by atoms with Crippen molar-refractivity contribution in [3.63, 3.8) is 0 Å². The van der Waals surface area contributed by atoms with Crippen LogP contribution >= 0.6 is 0 Å². The first-order chi connectivity index (χ1) is 8.47. The van der Waals surface area contributed by atoms with E-state index in [4.69, 9.17) is 10.8 Å². The largest absolute Gasteiger partial charge is 0.481 e. The smallest absolute Gasteiger partial charge is 0.304 e. The number of benzene rings is 1. The Morgan fingerprint density at radius 2 is 2.22 bits per heavy atom. The van der Waals surface area contributed by atoms with E-state index in [0.29, 0.717) is 18.7 Å². The third-order valence-corrected chi connectivity index (χ3v) is 3.25. The van der Waals surface area contributed by atoms with Crippen molar-refractivity contribution in [1.29, 1.82) is 0 Å². The molecular weight excluding hydrogens is 232 g/mol. The van der Waals surface area contributed by atoms with E-state index in [9.17, 15) is 9.59 Å². The van der Waals surface area contributed by atoms with Crippen LogP contribution in [-0.2, 0) is 22.6 Å². The lowest BCUT2D eigenvalue weighted by Crippen LogP contribution is -2.32. The molecule has 0 radical (unpaired) electrons. The highest BCUT2D eigenvalue weighted by molar-refractivity contribution is 5.84. The lowest BCUT2D eigenvalue weighted by Gasteiger charge is -2.18. The molecule has 5 heteroatoms. The van der Waals surface area contributed by atoms with Crippen molar-refractivity contribution in [2.75, 3.05) is 12.8 Å². The van der Waals surface area contributed by atoms with E-state index in [1.807, 2.05) is 12.1 Å². The number of carbonyl (C=O) groups is 2. The maximum Gasteiger partial charge on any atom is 0.304 e. The normalized spacial score (nSPS) is 19.3. The topological polar surface area (TPSA) is 83.6 Å². The number of nitrogen functional groups attached to an aromatic ring is 1. The van der Waals surface area contributed by atoms with Crippen molar-refractivity contribution in [2.24, 2.45) is 5.92 Å². The van der Waals surface area contributed by atoms with Gasteiger partial charge in [0.1, 0.15) is 0 Å². The molecule has 0 saturated carbocycles. The molecule has 1 unspecified atom stereocenters. The summed E-state index contributed by atoms with van der Waals surface area (Å²) in [5, 5.41) is 8.86. The minimum Gasteiger partial charge on any atom is -0.481 e. The number of carboxylic acid groups (broad SMARTS) is 1. The highest BCUT2D eigenvalue weighted by atomic mass is 16.4. The second kappa shape index (κ2) is 4.68. The molecule has 1 aromatic rings. The second-order valence-electron chi connectivity index (χ2n) is 4.72. The van der Waals surface area contributed by atoms with E-state index in [2.05, 4.69) is 0 Å². The Balaban J connectivity index is 2.34. The Bertz CT molecular complexity index is 499. The van der Waals surface area contributed by atoms with Crippen molar-refractivity contribution in [3.8, 4) is 0 Å². The average Bonchev–Trinajstić information content (AvgIpc) is 2.39. The van der Waals surface area contributed by atoms with Gasteiger partial charge in [0.15, 0.2) is 0 Å². The Hall–Kier alpha value is -2.04. The van der Waals surface area contributed by atoms with Crippen LogP contribution in [0.1, 0.15) is 17.5 Å². The molecule has 0 aromatic heterocycles. The van der Waals surface area contributed by atoms with Crippen LogP contribution < -0.4 is 5.73 Å². The van der Waals surface area contributed by atoms with Gasteiger partial charge in [-0.15, -0.1) is 0 Å². The molecule has 0 spiro atoms. The fourth-order valence-electron chi connectivity index (χ4n) is 2.36. The van der Waals surface area contributed by atoms with Crippen molar-refractivity contribution in [3.05, 3.63) is 29.3 Å². The monoisotopic (exact) mass is 248 g/mol. The summed E-state index contributed by atoms with van der Waals surface area (Å²) in [6, 6.07) is 5.51. The van der Waals surface area contributed by atoms with Gasteiger partial charge in [-0.3, -0.25) is 9.59 Å². The van der Waals surface area contributed by atoms with Crippen LogP contribution in [0.3, 0.4) is 0 Å². The molecule has 1 amide bonds. The molecule has 96 valence electrons. The fraction of sp³-hybridized carbons (Fsp3) is 0.385. The molecule has 1 aromatic carbocycles. The molecule has 0 aliphatic carbocycles. The molecule has 2 rings (SSSR count). The van der Waals surface area contributed by atoms with Crippen LogP contribution in [0.4, 0.5) is 5.69 Å². The lowest BCUT2D eigenvalue weighted by molar-refractivity contribution is -0.143. The standard InChI is InChI=1S/C13H16N2O3/c1-15-7-10-5-11(14)3-2-8(10)4-9(13(15)18)6-12(16)17/h2-3,5,9H,4,6-7,14H2,1H3,(H,16,17). The van der Waals surface area contributed by atoms with Gasteiger partial charge in [-0.25, -0.2) is 0 Å². The second-order valence-corrected chi connectivity index (χ2v) is 4.72. The number of rotatable bonds is 2. The predicted molar refractivity (Wildman–Crippen MR) is 66.8 cm³/mol. The zero-order valence-corrected chi connectivity index (χ0v) is 10.2. The zero-order chi connectivity index (χ0) is 13.3. The predicted octanol–water partition coefficient (Wildman–Crippen LogP) is 0.874.